The number of hydrogen-bond acceptors (Lipinski definition) is 2. The second kappa shape index (κ2) is 4.69. The highest BCUT2D eigenvalue weighted by Crippen LogP contribution is 1.97. The van der Waals surface area contributed by atoms with Crippen LogP contribution in [-0.4, -0.2) is 23.3 Å². The van der Waals surface area contributed by atoms with Gasteiger partial charge in [0, 0.05) is 12.1 Å². The summed E-state index contributed by atoms with van der Waals surface area (Å²) in [5.74, 6) is 0. The number of rotatable bonds is 4. The third kappa shape index (κ3) is 6.05. The quantitative estimate of drug-likeness (QED) is 0.622. The molecule has 0 amide bonds. The van der Waals surface area contributed by atoms with Crippen LogP contribution in [0.15, 0.2) is 0 Å². The molecule has 2 atom stereocenters. The van der Waals surface area contributed by atoms with Gasteiger partial charge in [0.15, 0.2) is 0 Å². The Labute approximate surface area is 63.6 Å². The summed E-state index contributed by atoms with van der Waals surface area (Å²) in [4.78, 5) is 0. The predicted molar refractivity (Wildman–Crippen MR) is 44.0 cm³/mol. The summed E-state index contributed by atoms with van der Waals surface area (Å²) in [5.41, 5.74) is 0. The van der Waals surface area contributed by atoms with E-state index in [1.807, 2.05) is 6.92 Å². The molecule has 0 heterocycles. The molecular formula is C8H19NO. The minimum atomic E-state index is -0.193. The van der Waals surface area contributed by atoms with Crippen LogP contribution in [0.1, 0.15) is 34.1 Å². The van der Waals surface area contributed by atoms with Gasteiger partial charge in [0.05, 0.1) is 6.10 Å². The van der Waals surface area contributed by atoms with Crippen LogP contribution in [0.2, 0.25) is 0 Å². The molecule has 2 heteroatoms. The zero-order valence-electron chi connectivity index (χ0n) is 7.39. The molecule has 0 saturated heterocycles. The fraction of sp³-hybridized carbons (Fsp3) is 1.00. The van der Waals surface area contributed by atoms with Crippen molar-refractivity contribution in [2.75, 3.05) is 0 Å². The summed E-state index contributed by atoms with van der Waals surface area (Å²) in [7, 11) is 0. The van der Waals surface area contributed by atoms with E-state index in [0.717, 1.165) is 6.42 Å². The van der Waals surface area contributed by atoms with Crippen LogP contribution in [0, 0.1) is 0 Å². The van der Waals surface area contributed by atoms with Gasteiger partial charge in [-0.1, -0.05) is 13.8 Å². The topological polar surface area (TPSA) is 32.3 Å². The van der Waals surface area contributed by atoms with Crippen LogP contribution in [0.3, 0.4) is 0 Å². The smallest absolute Gasteiger partial charge is 0.0526 e. The molecule has 0 radical (unpaired) electrons. The summed E-state index contributed by atoms with van der Waals surface area (Å²) >= 11 is 0. The Morgan fingerprint density at radius 2 is 1.70 bits per heavy atom. The standard InChI is InChI=1S/C8H19NO/c1-6(2)9-7(3)5-8(4)10/h6-10H,5H2,1-4H3/t7-,8-/m1/s1. The highest BCUT2D eigenvalue weighted by atomic mass is 16.3. The summed E-state index contributed by atoms with van der Waals surface area (Å²) in [6.07, 6.45) is 0.638. The average molecular weight is 145 g/mol. The SMILES string of the molecule is CC(C)N[C@H](C)C[C@@H](C)O. The van der Waals surface area contributed by atoms with Crippen molar-refractivity contribution < 1.29 is 5.11 Å². The molecule has 0 fully saturated rings. The Hall–Kier alpha value is -0.0800. The van der Waals surface area contributed by atoms with Gasteiger partial charge < -0.3 is 10.4 Å². The minimum absolute atomic E-state index is 0.193. The Balaban J connectivity index is 3.34. The van der Waals surface area contributed by atoms with Crippen LogP contribution in [-0.2, 0) is 0 Å². The number of hydrogen-bond donors (Lipinski definition) is 2. The maximum Gasteiger partial charge on any atom is 0.0526 e. The first-order valence-electron chi connectivity index (χ1n) is 3.96. The van der Waals surface area contributed by atoms with E-state index in [2.05, 4.69) is 26.1 Å². The van der Waals surface area contributed by atoms with Gasteiger partial charge in [-0.3, -0.25) is 0 Å². The van der Waals surface area contributed by atoms with E-state index in [9.17, 15) is 0 Å². The van der Waals surface area contributed by atoms with Crippen LogP contribution in [0.5, 0.6) is 0 Å². The first kappa shape index (κ1) is 9.92. The zero-order chi connectivity index (χ0) is 8.15. The van der Waals surface area contributed by atoms with Crippen molar-refractivity contribution in [1.29, 1.82) is 0 Å². The van der Waals surface area contributed by atoms with Crippen molar-refractivity contribution in [2.45, 2.75) is 52.3 Å². The number of nitrogens with one attached hydrogen (secondary N) is 1. The van der Waals surface area contributed by atoms with E-state index in [0.29, 0.717) is 12.1 Å². The van der Waals surface area contributed by atoms with E-state index in [4.69, 9.17) is 5.11 Å². The molecule has 0 spiro atoms. The lowest BCUT2D eigenvalue weighted by Crippen LogP contribution is -2.34. The summed E-state index contributed by atoms with van der Waals surface area (Å²) < 4.78 is 0. The molecule has 2 nitrogen and oxygen atoms in total. The van der Waals surface area contributed by atoms with Crippen LogP contribution in [0.25, 0.3) is 0 Å². The third-order valence-corrected chi connectivity index (χ3v) is 1.31. The van der Waals surface area contributed by atoms with E-state index in [-0.39, 0.29) is 6.10 Å². The van der Waals surface area contributed by atoms with E-state index < -0.39 is 0 Å². The van der Waals surface area contributed by atoms with Crippen molar-refractivity contribution in [3.63, 3.8) is 0 Å². The van der Waals surface area contributed by atoms with Gasteiger partial charge >= 0.3 is 0 Å². The van der Waals surface area contributed by atoms with Gasteiger partial charge in [-0.2, -0.15) is 0 Å². The molecule has 0 saturated carbocycles. The van der Waals surface area contributed by atoms with Gasteiger partial charge in [0.2, 0.25) is 0 Å². The summed E-state index contributed by atoms with van der Waals surface area (Å²) in [6.45, 7) is 8.13. The van der Waals surface area contributed by atoms with E-state index >= 15 is 0 Å². The predicted octanol–water partition coefficient (Wildman–Crippen LogP) is 1.14. The molecule has 0 aliphatic carbocycles. The number of aliphatic hydroxyl groups excluding tert-OH is 1. The number of aliphatic hydroxyl groups is 1. The summed E-state index contributed by atoms with van der Waals surface area (Å²) in [5, 5.41) is 12.3. The van der Waals surface area contributed by atoms with Crippen molar-refractivity contribution in [3.05, 3.63) is 0 Å². The molecule has 0 bridgehead atoms. The molecule has 10 heavy (non-hydrogen) atoms. The van der Waals surface area contributed by atoms with Crippen molar-refractivity contribution in [2.24, 2.45) is 0 Å². The molecule has 0 aromatic rings. The van der Waals surface area contributed by atoms with E-state index in [1.54, 1.807) is 0 Å². The average Bonchev–Trinajstić information content (AvgIpc) is 1.58. The molecule has 0 unspecified atom stereocenters. The fourth-order valence-corrected chi connectivity index (χ4v) is 1.15. The molecule has 0 aromatic carbocycles. The molecule has 62 valence electrons. The Morgan fingerprint density at radius 1 is 1.20 bits per heavy atom. The zero-order valence-corrected chi connectivity index (χ0v) is 7.39. The van der Waals surface area contributed by atoms with Gasteiger partial charge in [0.1, 0.15) is 0 Å². The normalized spacial score (nSPS) is 17.4. The summed E-state index contributed by atoms with van der Waals surface area (Å²) in [6, 6.07) is 0.925. The van der Waals surface area contributed by atoms with Gasteiger partial charge in [-0.25, -0.2) is 0 Å². The molecule has 2 N–H and O–H groups in total. The molecule has 0 aliphatic heterocycles. The molecule has 0 aromatic heterocycles. The maximum atomic E-state index is 9.00. The van der Waals surface area contributed by atoms with E-state index in [1.165, 1.54) is 0 Å². The Morgan fingerprint density at radius 3 is 2.00 bits per heavy atom. The lowest BCUT2D eigenvalue weighted by Gasteiger charge is -2.17. The van der Waals surface area contributed by atoms with Crippen LogP contribution >= 0.6 is 0 Å². The molecule has 0 aliphatic rings. The lowest BCUT2D eigenvalue weighted by atomic mass is 10.1. The van der Waals surface area contributed by atoms with Crippen molar-refractivity contribution in [1.82, 2.24) is 5.32 Å². The largest absolute Gasteiger partial charge is 0.393 e. The van der Waals surface area contributed by atoms with Crippen molar-refractivity contribution in [3.8, 4) is 0 Å². The van der Waals surface area contributed by atoms with Gasteiger partial charge in [0.25, 0.3) is 0 Å². The van der Waals surface area contributed by atoms with Crippen molar-refractivity contribution >= 4 is 0 Å². The van der Waals surface area contributed by atoms with Gasteiger partial charge in [-0.05, 0) is 20.3 Å². The monoisotopic (exact) mass is 145 g/mol. The maximum absolute atomic E-state index is 9.00. The molecular weight excluding hydrogens is 126 g/mol. The molecule has 0 rings (SSSR count). The fourth-order valence-electron chi connectivity index (χ4n) is 1.15. The Bertz CT molecular complexity index is 71.3. The second-order valence-corrected chi connectivity index (χ2v) is 3.31. The van der Waals surface area contributed by atoms with Crippen LogP contribution < -0.4 is 5.32 Å². The first-order valence-corrected chi connectivity index (χ1v) is 3.96. The highest BCUT2D eigenvalue weighted by molar-refractivity contribution is 4.65. The van der Waals surface area contributed by atoms with Crippen LogP contribution in [0.4, 0.5) is 0 Å². The highest BCUT2D eigenvalue weighted by Gasteiger charge is 2.05. The third-order valence-electron chi connectivity index (χ3n) is 1.31. The van der Waals surface area contributed by atoms with Gasteiger partial charge in [-0.15, -0.1) is 0 Å². The Kier molecular flexibility index (Phi) is 4.65. The lowest BCUT2D eigenvalue weighted by molar-refractivity contribution is 0.169. The first-order chi connectivity index (χ1) is 4.52. The second-order valence-electron chi connectivity index (χ2n) is 3.31. The minimum Gasteiger partial charge on any atom is -0.393 e.